The van der Waals surface area contributed by atoms with Gasteiger partial charge in [0.25, 0.3) is 0 Å². The lowest BCUT2D eigenvalue weighted by molar-refractivity contribution is -0.130. The largest absolute Gasteiger partial charge is 0.478 e. The molecule has 4 heteroatoms. The van der Waals surface area contributed by atoms with Crippen LogP contribution in [0.2, 0.25) is 10.0 Å². The highest BCUT2D eigenvalue weighted by Gasteiger charge is 2.14. The highest BCUT2D eigenvalue weighted by atomic mass is 35.5. The second kappa shape index (κ2) is 6.45. The molecule has 3 rings (SSSR count). The van der Waals surface area contributed by atoms with Gasteiger partial charge in [-0.05, 0) is 34.0 Å². The average Bonchev–Trinajstić information content (AvgIpc) is 2.55. The van der Waals surface area contributed by atoms with Crippen molar-refractivity contribution in [2.75, 3.05) is 0 Å². The molecule has 0 aromatic heterocycles. The zero-order valence-electron chi connectivity index (χ0n) is 12.0. The van der Waals surface area contributed by atoms with Crippen LogP contribution in [0.4, 0.5) is 0 Å². The molecular formula is C19H12Cl2O2. The Labute approximate surface area is 143 Å². The number of rotatable bonds is 3. The molecule has 0 heterocycles. The van der Waals surface area contributed by atoms with Crippen LogP contribution < -0.4 is 0 Å². The summed E-state index contributed by atoms with van der Waals surface area (Å²) < 4.78 is 0. The first kappa shape index (κ1) is 15.6. The van der Waals surface area contributed by atoms with Gasteiger partial charge in [0.1, 0.15) is 0 Å². The van der Waals surface area contributed by atoms with Gasteiger partial charge in [-0.25, -0.2) is 4.79 Å². The number of hydrogen-bond donors (Lipinski definition) is 1. The van der Waals surface area contributed by atoms with Gasteiger partial charge in [0.05, 0.1) is 15.6 Å². The van der Waals surface area contributed by atoms with E-state index in [2.05, 4.69) is 0 Å². The van der Waals surface area contributed by atoms with E-state index in [1.54, 1.807) is 30.3 Å². The third-order valence-electron chi connectivity index (χ3n) is 3.59. The summed E-state index contributed by atoms with van der Waals surface area (Å²) in [6.45, 7) is 0. The molecule has 0 atom stereocenters. The molecule has 0 amide bonds. The number of carboxylic acids is 1. The first-order chi connectivity index (χ1) is 11.1. The molecular weight excluding hydrogens is 331 g/mol. The fraction of sp³-hybridized carbons (Fsp3) is 0. The summed E-state index contributed by atoms with van der Waals surface area (Å²) in [7, 11) is 0. The minimum Gasteiger partial charge on any atom is -0.478 e. The first-order valence-corrected chi connectivity index (χ1v) is 7.70. The monoisotopic (exact) mass is 342 g/mol. The topological polar surface area (TPSA) is 37.3 Å². The lowest BCUT2D eigenvalue weighted by atomic mass is 9.96. The van der Waals surface area contributed by atoms with Crippen molar-refractivity contribution < 1.29 is 9.90 Å². The standard InChI is InChI=1S/C19H12Cl2O2/c20-17-10-4-7-13(18(17)21)11-16(19(22)23)15-9-3-6-12-5-1-2-8-14(12)15/h1-11H,(H,22,23)/b16-11-. The molecule has 114 valence electrons. The van der Waals surface area contributed by atoms with Crippen molar-refractivity contribution in [1.29, 1.82) is 0 Å². The lowest BCUT2D eigenvalue weighted by Gasteiger charge is -2.09. The van der Waals surface area contributed by atoms with Crippen LogP contribution in [-0.4, -0.2) is 11.1 Å². The van der Waals surface area contributed by atoms with Crippen molar-refractivity contribution in [2.24, 2.45) is 0 Å². The summed E-state index contributed by atoms with van der Waals surface area (Å²) in [6.07, 6.45) is 1.55. The highest BCUT2D eigenvalue weighted by molar-refractivity contribution is 6.43. The van der Waals surface area contributed by atoms with Crippen molar-refractivity contribution in [1.82, 2.24) is 0 Å². The molecule has 0 bridgehead atoms. The van der Waals surface area contributed by atoms with Crippen molar-refractivity contribution >= 4 is 51.6 Å². The molecule has 0 unspecified atom stereocenters. The first-order valence-electron chi connectivity index (χ1n) is 6.95. The van der Waals surface area contributed by atoms with E-state index >= 15 is 0 Å². The fourth-order valence-electron chi connectivity index (χ4n) is 2.50. The van der Waals surface area contributed by atoms with Crippen LogP contribution >= 0.6 is 23.2 Å². The zero-order chi connectivity index (χ0) is 16.4. The van der Waals surface area contributed by atoms with E-state index in [0.29, 0.717) is 21.2 Å². The molecule has 0 saturated carbocycles. The molecule has 0 aliphatic rings. The predicted molar refractivity (Wildman–Crippen MR) is 95.9 cm³/mol. The van der Waals surface area contributed by atoms with Crippen LogP contribution in [0.1, 0.15) is 11.1 Å². The van der Waals surface area contributed by atoms with Gasteiger partial charge < -0.3 is 5.11 Å². The van der Waals surface area contributed by atoms with E-state index in [1.165, 1.54) is 0 Å². The van der Waals surface area contributed by atoms with Crippen LogP contribution in [0.5, 0.6) is 0 Å². The van der Waals surface area contributed by atoms with Gasteiger partial charge in [-0.2, -0.15) is 0 Å². The number of halogens is 2. The minimum atomic E-state index is -1.02. The summed E-state index contributed by atoms with van der Waals surface area (Å²) in [4.78, 5) is 11.8. The highest BCUT2D eigenvalue weighted by Crippen LogP contribution is 2.31. The van der Waals surface area contributed by atoms with Crippen LogP contribution in [-0.2, 0) is 4.79 Å². The third kappa shape index (κ3) is 3.09. The lowest BCUT2D eigenvalue weighted by Crippen LogP contribution is -2.00. The Morgan fingerprint density at radius 2 is 1.61 bits per heavy atom. The Hall–Kier alpha value is -2.29. The van der Waals surface area contributed by atoms with Gasteiger partial charge in [-0.1, -0.05) is 77.8 Å². The van der Waals surface area contributed by atoms with E-state index < -0.39 is 5.97 Å². The smallest absolute Gasteiger partial charge is 0.336 e. The molecule has 2 nitrogen and oxygen atoms in total. The minimum absolute atomic E-state index is 0.172. The second-order valence-electron chi connectivity index (χ2n) is 5.03. The number of carboxylic acid groups (broad SMARTS) is 1. The third-order valence-corrected chi connectivity index (χ3v) is 4.43. The van der Waals surface area contributed by atoms with Gasteiger partial charge >= 0.3 is 5.97 Å². The normalized spacial score (nSPS) is 11.7. The molecule has 1 N–H and O–H groups in total. The number of carbonyl (C=O) groups is 1. The van der Waals surface area contributed by atoms with Gasteiger partial charge in [0.2, 0.25) is 0 Å². The van der Waals surface area contributed by atoms with Gasteiger partial charge in [0, 0.05) is 0 Å². The molecule has 0 radical (unpaired) electrons. The molecule has 0 aliphatic heterocycles. The van der Waals surface area contributed by atoms with Gasteiger partial charge in [-0.15, -0.1) is 0 Å². The van der Waals surface area contributed by atoms with Crippen molar-refractivity contribution in [3.05, 3.63) is 81.8 Å². The summed E-state index contributed by atoms with van der Waals surface area (Å²) in [6, 6.07) is 18.4. The molecule has 3 aromatic carbocycles. The maximum atomic E-state index is 11.8. The van der Waals surface area contributed by atoms with E-state index in [1.807, 2.05) is 36.4 Å². The number of fused-ring (bicyclic) bond motifs is 1. The summed E-state index contributed by atoms with van der Waals surface area (Å²) in [5, 5.41) is 12.3. The van der Waals surface area contributed by atoms with E-state index in [0.717, 1.165) is 10.8 Å². The average molecular weight is 343 g/mol. The van der Waals surface area contributed by atoms with E-state index in [4.69, 9.17) is 23.2 Å². The maximum Gasteiger partial charge on any atom is 0.336 e. The molecule has 23 heavy (non-hydrogen) atoms. The Kier molecular flexibility index (Phi) is 4.37. The number of aliphatic carboxylic acids is 1. The summed E-state index contributed by atoms with van der Waals surface area (Å²) >= 11 is 12.2. The molecule has 3 aromatic rings. The predicted octanol–water partition coefficient (Wildman–Crippen LogP) is 5.77. The van der Waals surface area contributed by atoms with E-state index in [-0.39, 0.29) is 5.57 Å². The number of benzene rings is 3. The number of hydrogen-bond acceptors (Lipinski definition) is 1. The van der Waals surface area contributed by atoms with Crippen molar-refractivity contribution in [3.8, 4) is 0 Å². The Morgan fingerprint density at radius 1 is 0.913 bits per heavy atom. The van der Waals surface area contributed by atoms with Crippen LogP contribution in [0.15, 0.2) is 60.7 Å². The molecule has 0 aliphatic carbocycles. The van der Waals surface area contributed by atoms with Crippen molar-refractivity contribution in [2.45, 2.75) is 0 Å². The molecule has 0 fully saturated rings. The maximum absolute atomic E-state index is 11.8. The quantitative estimate of drug-likeness (QED) is 0.484. The summed E-state index contributed by atoms with van der Waals surface area (Å²) in [5.41, 5.74) is 1.39. The molecule has 0 spiro atoms. The van der Waals surface area contributed by atoms with Crippen LogP contribution in [0.25, 0.3) is 22.4 Å². The SMILES string of the molecule is O=C(O)/C(=C\c1cccc(Cl)c1Cl)c1cccc2ccccc12. The van der Waals surface area contributed by atoms with Crippen LogP contribution in [0, 0.1) is 0 Å². The Morgan fingerprint density at radius 3 is 2.39 bits per heavy atom. The summed E-state index contributed by atoms with van der Waals surface area (Å²) in [5.74, 6) is -1.02. The second-order valence-corrected chi connectivity index (χ2v) is 5.82. The Balaban J connectivity index is 2.25. The fourth-order valence-corrected chi connectivity index (χ4v) is 2.86. The van der Waals surface area contributed by atoms with Gasteiger partial charge in [-0.3, -0.25) is 0 Å². The zero-order valence-corrected chi connectivity index (χ0v) is 13.5. The Bertz CT molecular complexity index is 924. The van der Waals surface area contributed by atoms with E-state index in [9.17, 15) is 9.90 Å². The van der Waals surface area contributed by atoms with Gasteiger partial charge in [0.15, 0.2) is 0 Å². The van der Waals surface area contributed by atoms with Crippen LogP contribution in [0.3, 0.4) is 0 Å². The van der Waals surface area contributed by atoms with Crippen molar-refractivity contribution in [3.63, 3.8) is 0 Å². The molecule has 0 saturated heterocycles.